The molecule has 0 aromatic heterocycles. The minimum atomic E-state index is -1.71. The molecule has 0 spiro atoms. The normalized spacial score (nSPS) is 11.2. The van der Waals surface area contributed by atoms with Gasteiger partial charge in [-0.2, -0.15) is 0 Å². The summed E-state index contributed by atoms with van der Waals surface area (Å²) in [5, 5.41) is 17.4. The van der Waals surface area contributed by atoms with Crippen molar-refractivity contribution < 1.29 is 71.0 Å². The molecule has 0 aliphatic rings. The fourth-order valence-corrected chi connectivity index (χ4v) is 1.50. The van der Waals surface area contributed by atoms with E-state index in [1.807, 2.05) is 0 Å². The Bertz CT molecular complexity index is 508. The van der Waals surface area contributed by atoms with Gasteiger partial charge >= 0.3 is 57.4 Å². The molecule has 0 amide bonds. The van der Waals surface area contributed by atoms with Crippen LogP contribution in [-0.4, -0.2) is 21.8 Å². The number of rotatable bonds is 4. The standard InChI is InChI=1S/C9H5Cl2NO5.K/c10-5-2-1-4(3-6(5)12(16)17)7(11)8(13)9(14)15;/h1-3,7H,(H,14,15);/q;+1. The molecule has 90 valence electrons. The van der Waals surface area contributed by atoms with Crippen molar-refractivity contribution >= 4 is 40.6 Å². The smallest absolute Gasteiger partial charge is 0.475 e. The second-order valence-electron chi connectivity index (χ2n) is 3.00. The van der Waals surface area contributed by atoms with Crippen LogP contribution in [0.15, 0.2) is 18.2 Å². The van der Waals surface area contributed by atoms with Crippen molar-refractivity contribution in [1.29, 1.82) is 0 Å². The van der Waals surface area contributed by atoms with Crippen molar-refractivity contribution in [3.8, 4) is 0 Å². The molecule has 0 bridgehead atoms. The van der Waals surface area contributed by atoms with Crippen LogP contribution in [0, 0.1) is 10.1 Å². The van der Waals surface area contributed by atoms with Gasteiger partial charge in [0.15, 0.2) is 0 Å². The minimum absolute atomic E-state index is 0. The molecule has 18 heavy (non-hydrogen) atoms. The van der Waals surface area contributed by atoms with E-state index in [-0.39, 0.29) is 62.0 Å². The van der Waals surface area contributed by atoms with Gasteiger partial charge in [-0.1, -0.05) is 17.7 Å². The summed E-state index contributed by atoms with van der Waals surface area (Å²) in [6, 6.07) is 3.41. The first-order chi connectivity index (χ1) is 7.84. The number of hydrogen-bond donors (Lipinski definition) is 1. The molecule has 1 rings (SSSR count). The van der Waals surface area contributed by atoms with Gasteiger partial charge in [0.2, 0.25) is 0 Å². The van der Waals surface area contributed by atoms with Crippen LogP contribution < -0.4 is 51.4 Å². The quantitative estimate of drug-likeness (QED) is 0.257. The molecule has 6 nitrogen and oxygen atoms in total. The summed E-state index contributed by atoms with van der Waals surface area (Å²) in [5.41, 5.74) is -0.428. The van der Waals surface area contributed by atoms with Crippen molar-refractivity contribution in [2.24, 2.45) is 0 Å². The SMILES string of the molecule is O=C(O)C(=O)C(Cl)c1ccc(Cl)c([N+](=O)[O-])c1.[K+]. The topological polar surface area (TPSA) is 97.5 Å². The summed E-state index contributed by atoms with van der Waals surface area (Å²) < 4.78 is 0. The maximum atomic E-state index is 11.1. The van der Waals surface area contributed by atoms with Crippen LogP contribution in [0.25, 0.3) is 0 Å². The number of carbonyl (C=O) groups is 2. The fourth-order valence-electron chi connectivity index (χ4n) is 1.09. The van der Waals surface area contributed by atoms with E-state index in [9.17, 15) is 19.7 Å². The van der Waals surface area contributed by atoms with Gasteiger partial charge in [0, 0.05) is 6.07 Å². The molecule has 1 aromatic carbocycles. The summed E-state index contributed by atoms with van der Waals surface area (Å²) in [6.07, 6.45) is 0. The fraction of sp³-hybridized carbons (Fsp3) is 0.111. The Kier molecular flexibility index (Phi) is 7.53. The van der Waals surface area contributed by atoms with Gasteiger partial charge in [0.05, 0.1) is 4.92 Å². The monoisotopic (exact) mass is 316 g/mol. The number of nitro benzene ring substituents is 1. The molecule has 0 heterocycles. The summed E-state index contributed by atoms with van der Waals surface area (Å²) in [4.78, 5) is 31.3. The predicted octanol–water partition coefficient (Wildman–Crippen LogP) is -0.814. The first-order valence-corrected chi connectivity index (χ1v) is 5.01. The van der Waals surface area contributed by atoms with Crippen LogP contribution in [0.5, 0.6) is 0 Å². The number of nitrogens with zero attached hydrogens (tertiary/aromatic N) is 1. The van der Waals surface area contributed by atoms with Gasteiger partial charge < -0.3 is 5.11 Å². The van der Waals surface area contributed by atoms with E-state index in [1.54, 1.807) is 0 Å². The maximum absolute atomic E-state index is 11.1. The number of benzene rings is 1. The van der Waals surface area contributed by atoms with Crippen LogP contribution in [-0.2, 0) is 9.59 Å². The number of Topliss-reactive ketones (excluding diaryl/α,β-unsaturated/α-hetero) is 1. The van der Waals surface area contributed by atoms with Crippen LogP contribution in [0.4, 0.5) is 5.69 Å². The molecule has 1 atom stereocenters. The molecule has 0 aliphatic carbocycles. The summed E-state index contributed by atoms with van der Waals surface area (Å²) >= 11 is 11.1. The van der Waals surface area contributed by atoms with Crippen molar-refractivity contribution in [1.82, 2.24) is 0 Å². The zero-order valence-electron chi connectivity index (χ0n) is 9.09. The van der Waals surface area contributed by atoms with E-state index < -0.39 is 27.7 Å². The van der Waals surface area contributed by atoms with Gasteiger partial charge in [-0.15, -0.1) is 11.6 Å². The Labute approximate surface area is 154 Å². The van der Waals surface area contributed by atoms with Crippen molar-refractivity contribution in [3.05, 3.63) is 38.9 Å². The van der Waals surface area contributed by atoms with E-state index in [0.29, 0.717) is 0 Å². The van der Waals surface area contributed by atoms with Crippen LogP contribution in [0.2, 0.25) is 5.02 Å². The second-order valence-corrected chi connectivity index (χ2v) is 3.84. The first-order valence-electron chi connectivity index (χ1n) is 4.19. The van der Waals surface area contributed by atoms with Crippen molar-refractivity contribution in [3.63, 3.8) is 0 Å². The Hall–Kier alpha value is -0.0236. The number of halogens is 2. The number of nitro groups is 1. The number of carboxylic acid groups (broad SMARTS) is 1. The molecule has 0 saturated carbocycles. The van der Waals surface area contributed by atoms with Gasteiger partial charge in [0.25, 0.3) is 11.5 Å². The average Bonchev–Trinajstić information content (AvgIpc) is 2.27. The zero-order chi connectivity index (χ0) is 13.2. The Balaban J connectivity index is 0.00000289. The van der Waals surface area contributed by atoms with Crippen LogP contribution in [0.1, 0.15) is 10.9 Å². The molecule has 1 unspecified atom stereocenters. The summed E-state index contributed by atoms with van der Waals surface area (Å²) in [5.74, 6) is -2.97. The zero-order valence-corrected chi connectivity index (χ0v) is 13.7. The number of aliphatic carboxylic acids is 1. The summed E-state index contributed by atoms with van der Waals surface area (Å²) in [7, 11) is 0. The molecular formula is C9H5Cl2KNO5+. The van der Waals surface area contributed by atoms with Gasteiger partial charge in [0.1, 0.15) is 10.4 Å². The van der Waals surface area contributed by atoms with Gasteiger partial charge in [-0.3, -0.25) is 14.9 Å². The Morgan fingerprint density at radius 2 is 1.94 bits per heavy atom. The molecule has 0 radical (unpaired) electrons. The minimum Gasteiger partial charge on any atom is -0.475 e. The Morgan fingerprint density at radius 1 is 1.39 bits per heavy atom. The van der Waals surface area contributed by atoms with Crippen LogP contribution >= 0.6 is 23.2 Å². The van der Waals surface area contributed by atoms with E-state index in [2.05, 4.69) is 0 Å². The molecule has 0 saturated heterocycles. The molecule has 9 heteroatoms. The van der Waals surface area contributed by atoms with Crippen molar-refractivity contribution in [2.45, 2.75) is 5.38 Å². The van der Waals surface area contributed by atoms with Gasteiger partial charge in [-0.25, -0.2) is 4.79 Å². The average molecular weight is 317 g/mol. The molecule has 0 fully saturated rings. The number of carboxylic acids is 1. The van der Waals surface area contributed by atoms with E-state index in [1.165, 1.54) is 12.1 Å². The third-order valence-corrected chi connectivity index (χ3v) is 2.67. The largest absolute Gasteiger partial charge is 1.00 e. The Morgan fingerprint density at radius 3 is 2.39 bits per heavy atom. The third-order valence-electron chi connectivity index (χ3n) is 1.90. The third kappa shape index (κ3) is 4.27. The molecule has 1 N–H and O–H groups in total. The maximum Gasteiger partial charge on any atom is 1.00 e. The van der Waals surface area contributed by atoms with Crippen LogP contribution in [0.3, 0.4) is 0 Å². The predicted molar refractivity (Wildman–Crippen MR) is 59.3 cm³/mol. The number of alkyl halides is 1. The van der Waals surface area contributed by atoms with E-state index >= 15 is 0 Å². The molecule has 0 aliphatic heterocycles. The number of carbonyl (C=O) groups excluding carboxylic acids is 1. The second kappa shape index (κ2) is 7.54. The van der Waals surface area contributed by atoms with E-state index in [0.717, 1.165) is 6.07 Å². The number of ketones is 1. The van der Waals surface area contributed by atoms with Gasteiger partial charge in [-0.05, 0) is 11.6 Å². The molecular weight excluding hydrogens is 312 g/mol. The molecule has 1 aromatic rings. The number of hydrogen-bond acceptors (Lipinski definition) is 4. The van der Waals surface area contributed by atoms with E-state index in [4.69, 9.17) is 28.3 Å². The summed E-state index contributed by atoms with van der Waals surface area (Å²) in [6.45, 7) is 0. The first kappa shape index (κ1) is 18.0. The van der Waals surface area contributed by atoms with Crippen molar-refractivity contribution in [2.75, 3.05) is 0 Å².